The number of rotatable bonds is 3. The maximum absolute atomic E-state index is 5.73. The molecule has 2 N–H and O–H groups in total. The van der Waals surface area contributed by atoms with Crippen molar-refractivity contribution in [1.29, 1.82) is 0 Å². The minimum atomic E-state index is 0.366. The van der Waals surface area contributed by atoms with Gasteiger partial charge in [0.15, 0.2) is 0 Å². The van der Waals surface area contributed by atoms with E-state index in [2.05, 4.69) is 6.58 Å². The lowest BCUT2D eigenvalue weighted by Crippen LogP contribution is -2.17. The topological polar surface area (TPSA) is 35.2 Å². The molecule has 11 heavy (non-hydrogen) atoms. The molecule has 2 unspecified atom stereocenters. The van der Waals surface area contributed by atoms with Gasteiger partial charge in [0.1, 0.15) is 0 Å². The third-order valence-corrected chi connectivity index (χ3v) is 1.99. The molecule has 64 valence electrons. The molecule has 1 fully saturated rings. The lowest BCUT2D eigenvalue weighted by Gasteiger charge is -2.10. The predicted molar refractivity (Wildman–Crippen MR) is 46.4 cm³/mol. The van der Waals surface area contributed by atoms with Crippen LogP contribution in [0.15, 0.2) is 12.2 Å². The van der Waals surface area contributed by atoms with Crippen molar-refractivity contribution in [2.24, 2.45) is 5.73 Å². The van der Waals surface area contributed by atoms with Gasteiger partial charge in [-0.25, -0.2) is 0 Å². The molecule has 2 nitrogen and oxygen atoms in total. The summed E-state index contributed by atoms with van der Waals surface area (Å²) in [5.41, 5.74) is 6.82. The zero-order valence-corrected chi connectivity index (χ0v) is 7.18. The zero-order chi connectivity index (χ0) is 8.27. The van der Waals surface area contributed by atoms with Crippen molar-refractivity contribution < 1.29 is 4.74 Å². The van der Waals surface area contributed by atoms with Crippen molar-refractivity contribution in [3.63, 3.8) is 0 Å². The fraction of sp³-hybridized carbons (Fsp3) is 0.778. The van der Waals surface area contributed by atoms with E-state index >= 15 is 0 Å². The van der Waals surface area contributed by atoms with E-state index in [4.69, 9.17) is 10.5 Å². The number of hydrogen-bond donors (Lipinski definition) is 1. The summed E-state index contributed by atoms with van der Waals surface area (Å²) in [5.74, 6) is 0. The third-order valence-electron chi connectivity index (χ3n) is 1.99. The summed E-state index contributed by atoms with van der Waals surface area (Å²) in [6.07, 6.45) is 3.64. The quantitative estimate of drug-likeness (QED) is 0.626. The van der Waals surface area contributed by atoms with Crippen LogP contribution in [0.2, 0.25) is 0 Å². The van der Waals surface area contributed by atoms with Crippen LogP contribution in [0.25, 0.3) is 0 Å². The molecule has 2 heteroatoms. The van der Waals surface area contributed by atoms with E-state index in [1.54, 1.807) is 0 Å². The highest BCUT2D eigenvalue weighted by Gasteiger charge is 2.21. The van der Waals surface area contributed by atoms with Crippen LogP contribution in [0.3, 0.4) is 0 Å². The molecule has 0 heterocycles. The molecular weight excluding hydrogens is 138 g/mol. The van der Waals surface area contributed by atoms with Gasteiger partial charge in [0.2, 0.25) is 0 Å². The third kappa shape index (κ3) is 3.04. The highest BCUT2D eigenvalue weighted by molar-refractivity contribution is 4.89. The second-order valence-electron chi connectivity index (χ2n) is 3.46. The molecule has 0 amide bonds. The first-order valence-corrected chi connectivity index (χ1v) is 4.20. The molecule has 2 atom stereocenters. The molecule has 1 saturated carbocycles. The molecule has 1 aliphatic rings. The summed E-state index contributed by atoms with van der Waals surface area (Å²) >= 11 is 0. The van der Waals surface area contributed by atoms with Crippen molar-refractivity contribution >= 4 is 0 Å². The van der Waals surface area contributed by atoms with Crippen LogP contribution in [0, 0.1) is 0 Å². The zero-order valence-electron chi connectivity index (χ0n) is 7.18. The Bertz CT molecular complexity index is 144. The number of ether oxygens (including phenoxy) is 1. The smallest absolute Gasteiger partial charge is 0.0675 e. The Morgan fingerprint density at radius 3 is 2.82 bits per heavy atom. The summed E-state index contributed by atoms with van der Waals surface area (Å²) in [7, 11) is 0. The van der Waals surface area contributed by atoms with Gasteiger partial charge in [0.25, 0.3) is 0 Å². The predicted octanol–water partition coefficient (Wildman–Crippen LogP) is 1.46. The number of hydrogen-bond acceptors (Lipinski definition) is 2. The summed E-state index contributed by atoms with van der Waals surface area (Å²) in [6.45, 7) is 6.45. The van der Waals surface area contributed by atoms with Crippen LogP contribution in [0.1, 0.15) is 26.2 Å². The van der Waals surface area contributed by atoms with Gasteiger partial charge in [0.05, 0.1) is 12.7 Å². The van der Waals surface area contributed by atoms with Crippen LogP contribution in [0.4, 0.5) is 0 Å². The summed E-state index contributed by atoms with van der Waals surface area (Å²) in [6, 6.07) is 0.366. The Kier molecular flexibility index (Phi) is 3.09. The van der Waals surface area contributed by atoms with Crippen molar-refractivity contribution in [3.05, 3.63) is 12.2 Å². The molecular formula is C9H17NO. The molecule has 0 aromatic carbocycles. The standard InChI is InChI=1S/C9H17NO/c1-7(2)6-11-9-4-3-8(10)5-9/h8-9H,1,3-6,10H2,2H3. The van der Waals surface area contributed by atoms with E-state index in [1.165, 1.54) is 0 Å². The highest BCUT2D eigenvalue weighted by atomic mass is 16.5. The lowest BCUT2D eigenvalue weighted by molar-refractivity contribution is 0.0745. The molecule has 1 aliphatic carbocycles. The van der Waals surface area contributed by atoms with Crippen molar-refractivity contribution in [1.82, 2.24) is 0 Å². The van der Waals surface area contributed by atoms with E-state index in [0.29, 0.717) is 18.8 Å². The van der Waals surface area contributed by atoms with Gasteiger partial charge in [-0.15, -0.1) is 0 Å². The van der Waals surface area contributed by atoms with Crippen molar-refractivity contribution in [2.75, 3.05) is 6.61 Å². The van der Waals surface area contributed by atoms with E-state index in [0.717, 1.165) is 24.8 Å². The van der Waals surface area contributed by atoms with Gasteiger partial charge in [0, 0.05) is 6.04 Å². The maximum Gasteiger partial charge on any atom is 0.0675 e. The van der Waals surface area contributed by atoms with Crippen molar-refractivity contribution in [3.8, 4) is 0 Å². The molecule has 0 radical (unpaired) electrons. The molecule has 0 aromatic heterocycles. The molecule has 0 aliphatic heterocycles. The Labute approximate surface area is 68.4 Å². The van der Waals surface area contributed by atoms with Crippen LogP contribution >= 0.6 is 0 Å². The van der Waals surface area contributed by atoms with Crippen molar-refractivity contribution in [2.45, 2.75) is 38.3 Å². The Morgan fingerprint density at radius 1 is 1.64 bits per heavy atom. The first kappa shape index (κ1) is 8.75. The SMILES string of the molecule is C=C(C)COC1CCC(N)C1. The lowest BCUT2D eigenvalue weighted by atomic mass is 10.3. The monoisotopic (exact) mass is 155 g/mol. The van der Waals surface area contributed by atoms with E-state index in [9.17, 15) is 0 Å². The minimum absolute atomic E-state index is 0.366. The Balaban J connectivity index is 2.13. The molecule has 1 rings (SSSR count). The van der Waals surface area contributed by atoms with Gasteiger partial charge in [-0.1, -0.05) is 12.2 Å². The average molecular weight is 155 g/mol. The van der Waals surface area contributed by atoms with Crippen LogP contribution in [0.5, 0.6) is 0 Å². The van der Waals surface area contributed by atoms with Gasteiger partial charge < -0.3 is 10.5 Å². The summed E-state index contributed by atoms with van der Waals surface area (Å²) < 4.78 is 5.56. The normalized spacial score (nSPS) is 30.7. The van der Waals surface area contributed by atoms with Crippen LogP contribution in [-0.4, -0.2) is 18.8 Å². The first-order chi connectivity index (χ1) is 5.18. The van der Waals surface area contributed by atoms with Gasteiger partial charge in [-0.05, 0) is 26.2 Å². The van der Waals surface area contributed by atoms with Crippen LogP contribution < -0.4 is 5.73 Å². The van der Waals surface area contributed by atoms with E-state index < -0.39 is 0 Å². The molecule has 0 saturated heterocycles. The largest absolute Gasteiger partial charge is 0.374 e. The fourth-order valence-electron chi connectivity index (χ4n) is 1.38. The minimum Gasteiger partial charge on any atom is -0.374 e. The molecule has 0 spiro atoms. The summed E-state index contributed by atoms with van der Waals surface area (Å²) in [5, 5.41) is 0. The van der Waals surface area contributed by atoms with Gasteiger partial charge in [-0.3, -0.25) is 0 Å². The van der Waals surface area contributed by atoms with Gasteiger partial charge >= 0.3 is 0 Å². The molecule has 0 bridgehead atoms. The maximum atomic E-state index is 5.73. The Hall–Kier alpha value is -0.340. The van der Waals surface area contributed by atoms with E-state index in [1.807, 2.05) is 6.92 Å². The van der Waals surface area contributed by atoms with Crippen LogP contribution in [-0.2, 0) is 4.74 Å². The second-order valence-corrected chi connectivity index (χ2v) is 3.46. The highest BCUT2D eigenvalue weighted by Crippen LogP contribution is 2.20. The average Bonchev–Trinajstić information content (AvgIpc) is 2.31. The van der Waals surface area contributed by atoms with Gasteiger partial charge in [-0.2, -0.15) is 0 Å². The second kappa shape index (κ2) is 3.88. The molecule has 0 aromatic rings. The first-order valence-electron chi connectivity index (χ1n) is 4.20. The summed E-state index contributed by atoms with van der Waals surface area (Å²) in [4.78, 5) is 0. The number of nitrogens with two attached hydrogens (primary N) is 1. The Morgan fingerprint density at radius 2 is 2.36 bits per heavy atom. The van der Waals surface area contributed by atoms with E-state index in [-0.39, 0.29) is 0 Å². The fourth-order valence-corrected chi connectivity index (χ4v) is 1.38.